The Morgan fingerprint density at radius 1 is 1.50 bits per heavy atom. The van der Waals surface area contributed by atoms with Crippen molar-refractivity contribution in [3.05, 3.63) is 34.1 Å². The van der Waals surface area contributed by atoms with E-state index in [0.29, 0.717) is 4.47 Å². The van der Waals surface area contributed by atoms with Gasteiger partial charge in [-0.2, -0.15) is 0 Å². The Bertz CT molecular complexity index is 425. The maximum absolute atomic E-state index is 12.8. The second-order valence-corrected chi connectivity index (χ2v) is 3.66. The van der Waals surface area contributed by atoms with Crippen molar-refractivity contribution in [2.75, 3.05) is 6.61 Å². The van der Waals surface area contributed by atoms with Crippen molar-refractivity contribution >= 4 is 27.7 Å². The van der Waals surface area contributed by atoms with E-state index in [1.165, 1.54) is 12.1 Å². The first-order valence-electron chi connectivity index (χ1n) is 4.16. The van der Waals surface area contributed by atoms with E-state index in [1.54, 1.807) is 0 Å². The Kier molecular flexibility index (Phi) is 4.39. The van der Waals surface area contributed by atoms with E-state index in [0.717, 1.165) is 6.07 Å². The standard InChI is InChI=1S/C9H8BrFN2O3/c10-7-2-1-5(11)3-6(7)9(15)13-16-4-8(12)14/h1-3H,4H2,(H2,12,14)(H,13,15). The van der Waals surface area contributed by atoms with Crippen molar-refractivity contribution in [3.63, 3.8) is 0 Å². The molecule has 0 aliphatic heterocycles. The van der Waals surface area contributed by atoms with Gasteiger partial charge in [0.25, 0.3) is 5.91 Å². The van der Waals surface area contributed by atoms with E-state index in [9.17, 15) is 14.0 Å². The molecule has 86 valence electrons. The molecule has 1 aromatic rings. The Morgan fingerprint density at radius 3 is 2.81 bits per heavy atom. The monoisotopic (exact) mass is 290 g/mol. The lowest BCUT2D eigenvalue weighted by Crippen LogP contribution is -2.29. The largest absolute Gasteiger partial charge is 0.368 e. The number of hydroxylamine groups is 1. The summed E-state index contributed by atoms with van der Waals surface area (Å²) >= 11 is 3.08. The van der Waals surface area contributed by atoms with Gasteiger partial charge in [0, 0.05) is 4.47 Å². The van der Waals surface area contributed by atoms with Gasteiger partial charge in [0.2, 0.25) is 5.91 Å². The Balaban J connectivity index is 2.65. The van der Waals surface area contributed by atoms with Gasteiger partial charge in [-0.05, 0) is 34.1 Å². The molecule has 0 aliphatic carbocycles. The smallest absolute Gasteiger partial charge is 0.276 e. The molecule has 0 unspecified atom stereocenters. The normalized spacial score (nSPS) is 9.88. The third-order valence-corrected chi connectivity index (χ3v) is 2.24. The van der Waals surface area contributed by atoms with Crippen molar-refractivity contribution in [2.24, 2.45) is 5.73 Å². The first kappa shape index (κ1) is 12.6. The van der Waals surface area contributed by atoms with Crippen LogP contribution < -0.4 is 11.2 Å². The zero-order chi connectivity index (χ0) is 12.1. The Labute approximate surface area is 98.8 Å². The molecule has 0 bridgehead atoms. The zero-order valence-electron chi connectivity index (χ0n) is 8.00. The summed E-state index contributed by atoms with van der Waals surface area (Å²) in [6.07, 6.45) is 0. The van der Waals surface area contributed by atoms with Gasteiger partial charge in [0.1, 0.15) is 5.82 Å². The molecule has 0 saturated heterocycles. The van der Waals surface area contributed by atoms with Crippen LogP contribution in [0.25, 0.3) is 0 Å². The van der Waals surface area contributed by atoms with E-state index in [1.807, 2.05) is 5.48 Å². The highest BCUT2D eigenvalue weighted by Crippen LogP contribution is 2.17. The van der Waals surface area contributed by atoms with Crippen LogP contribution in [0.1, 0.15) is 10.4 Å². The van der Waals surface area contributed by atoms with Gasteiger partial charge in [0.05, 0.1) is 5.56 Å². The Morgan fingerprint density at radius 2 is 2.19 bits per heavy atom. The van der Waals surface area contributed by atoms with E-state index in [-0.39, 0.29) is 5.56 Å². The van der Waals surface area contributed by atoms with Crippen LogP contribution in [0.5, 0.6) is 0 Å². The molecular weight excluding hydrogens is 283 g/mol. The molecule has 1 rings (SSSR count). The van der Waals surface area contributed by atoms with Crippen LogP contribution in [0, 0.1) is 5.82 Å². The molecule has 0 aromatic heterocycles. The highest BCUT2D eigenvalue weighted by atomic mass is 79.9. The van der Waals surface area contributed by atoms with Gasteiger partial charge in [-0.1, -0.05) is 0 Å². The van der Waals surface area contributed by atoms with Crippen LogP contribution in [-0.4, -0.2) is 18.4 Å². The second kappa shape index (κ2) is 5.57. The maximum Gasteiger partial charge on any atom is 0.276 e. The van der Waals surface area contributed by atoms with E-state index < -0.39 is 24.2 Å². The minimum atomic E-state index is -0.724. The topological polar surface area (TPSA) is 81.4 Å². The number of benzene rings is 1. The third kappa shape index (κ3) is 3.59. The Hall–Kier alpha value is -1.47. The molecule has 0 heterocycles. The fourth-order valence-corrected chi connectivity index (χ4v) is 1.33. The number of carbonyl (C=O) groups excluding carboxylic acids is 2. The first-order valence-corrected chi connectivity index (χ1v) is 4.95. The minimum Gasteiger partial charge on any atom is -0.368 e. The number of hydrogen-bond acceptors (Lipinski definition) is 3. The lowest BCUT2D eigenvalue weighted by molar-refractivity contribution is -0.124. The van der Waals surface area contributed by atoms with Crippen LogP contribution in [0.2, 0.25) is 0 Å². The maximum atomic E-state index is 12.8. The van der Waals surface area contributed by atoms with Crippen LogP contribution in [0.4, 0.5) is 4.39 Å². The summed E-state index contributed by atoms with van der Waals surface area (Å²) in [5.74, 6) is -1.95. The van der Waals surface area contributed by atoms with Crippen molar-refractivity contribution in [2.45, 2.75) is 0 Å². The summed E-state index contributed by atoms with van der Waals surface area (Å²) in [4.78, 5) is 26.2. The minimum absolute atomic E-state index is 0.0597. The van der Waals surface area contributed by atoms with E-state index >= 15 is 0 Å². The quantitative estimate of drug-likeness (QED) is 0.803. The zero-order valence-corrected chi connectivity index (χ0v) is 9.58. The highest BCUT2D eigenvalue weighted by Gasteiger charge is 2.11. The summed E-state index contributed by atoms with van der Waals surface area (Å²) in [6.45, 7) is -0.446. The highest BCUT2D eigenvalue weighted by molar-refractivity contribution is 9.10. The van der Waals surface area contributed by atoms with Crippen molar-refractivity contribution in [1.29, 1.82) is 0 Å². The van der Waals surface area contributed by atoms with Crippen molar-refractivity contribution in [1.82, 2.24) is 5.48 Å². The molecule has 0 aliphatic rings. The predicted molar refractivity (Wildman–Crippen MR) is 56.7 cm³/mol. The van der Waals surface area contributed by atoms with Crippen LogP contribution in [0.3, 0.4) is 0 Å². The molecule has 0 atom stereocenters. The lowest BCUT2D eigenvalue weighted by atomic mass is 10.2. The van der Waals surface area contributed by atoms with Crippen LogP contribution in [0.15, 0.2) is 22.7 Å². The second-order valence-electron chi connectivity index (χ2n) is 2.81. The molecule has 2 amide bonds. The summed E-state index contributed by atoms with van der Waals surface area (Å²) in [7, 11) is 0. The number of hydrogen-bond donors (Lipinski definition) is 2. The number of amides is 2. The average Bonchev–Trinajstić information content (AvgIpc) is 2.21. The fraction of sp³-hybridized carbons (Fsp3) is 0.111. The number of nitrogens with two attached hydrogens (primary N) is 1. The van der Waals surface area contributed by atoms with Gasteiger partial charge >= 0.3 is 0 Å². The van der Waals surface area contributed by atoms with E-state index in [2.05, 4.69) is 20.8 Å². The van der Waals surface area contributed by atoms with Gasteiger partial charge in [0.15, 0.2) is 6.61 Å². The first-order chi connectivity index (χ1) is 7.50. The molecule has 1 aromatic carbocycles. The van der Waals surface area contributed by atoms with Gasteiger partial charge in [-0.3, -0.25) is 14.4 Å². The summed E-state index contributed by atoms with van der Waals surface area (Å²) in [5, 5.41) is 0. The fourth-order valence-electron chi connectivity index (χ4n) is 0.899. The number of halogens is 2. The molecule has 7 heteroatoms. The van der Waals surface area contributed by atoms with Crippen LogP contribution in [-0.2, 0) is 9.63 Å². The summed E-state index contributed by atoms with van der Waals surface area (Å²) in [5.41, 5.74) is 6.81. The molecule has 5 nitrogen and oxygen atoms in total. The van der Waals surface area contributed by atoms with Gasteiger partial charge < -0.3 is 5.73 Å². The van der Waals surface area contributed by atoms with Gasteiger partial charge in [-0.15, -0.1) is 0 Å². The summed E-state index contributed by atoms with van der Waals surface area (Å²) < 4.78 is 13.3. The SMILES string of the molecule is NC(=O)CONC(=O)c1cc(F)ccc1Br. The molecule has 0 radical (unpaired) electrons. The van der Waals surface area contributed by atoms with Crippen LogP contribution >= 0.6 is 15.9 Å². The van der Waals surface area contributed by atoms with Crippen molar-refractivity contribution < 1.29 is 18.8 Å². The molecular formula is C9H8BrFN2O3. The number of rotatable bonds is 4. The predicted octanol–water partition coefficient (Wildman–Crippen LogP) is 0.735. The molecule has 3 N–H and O–H groups in total. The summed E-state index contributed by atoms with van der Waals surface area (Å²) in [6, 6.07) is 3.62. The van der Waals surface area contributed by atoms with E-state index in [4.69, 9.17) is 5.73 Å². The average molecular weight is 291 g/mol. The third-order valence-electron chi connectivity index (χ3n) is 1.55. The molecule has 16 heavy (non-hydrogen) atoms. The molecule has 0 saturated carbocycles. The van der Waals surface area contributed by atoms with Gasteiger partial charge in [-0.25, -0.2) is 9.87 Å². The van der Waals surface area contributed by atoms with Crippen molar-refractivity contribution in [3.8, 4) is 0 Å². The number of carbonyl (C=O) groups is 2. The molecule has 0 spiro atoms. The number of nitrogens with one attached hydrogen (secondary N) is 1. The number of primary amides is 1. The molecule has 0 fully saturated rings. The lowest BCUT2D eigenvalue weighted by Gasteiger charge is -2.05.